The standard InChI is InChI=1S/C12H10BrF3N2O/c1-7(19)9-6-8(13)2-3-10(9)18-5-4-11(17-18)12(14,15)16/h2-7,19H,1H3. The van der Waals surface area contributed by atoms with E-state index in [4.69, 9.17) is 0 Å². The van der Waals surface area contributed by atoms with Crippen LogP contribution in [0.15, 0.2) is 34.9 Å². The molecule has 102 valence electrons. The van der Waals surface area contributed by atoms with E-state index in [9.17, 15) is 18.3 Å². The Hall–Kier alpha value is -1.34. The Labute approximate surface area is 115 Å². The van der Waals surface area contributed by atoms with Crippen LogP contribution in [0.3, 0.4) is 0 Å². The van der Waals surface area contributed by atoms with Gasteiger partial charge in [-0.1, -0.05) is 15.9 Å². The highest BCUT2D eigenvalue weighted by Gasteiger charge is 2.33. The first-order valence-corrected chi connectivity index (χ1v) is 6.19. The van der Waals surface area contributed by atoms with Crippen LogP contribution in [0.2, 0.25) is 0 Å². The van der Waals surface area contributed by atoms with Gasteiger partial charge in [-0.3, -0.25) is 0 Å². The maximum atomic E-state index is 12.5. The fraction of sp³-hybridized carbons (Fsp3) is 0.250. The zero-order valence-corrected chi connectivity index (χ0v) is 11.4. The van der Waals surface area contributed by atoms with Crippen molar-refractivity contribution in [2.75, 3.05) is 0 Å². The van der Waals surface area contributed by atoms with Crippen LogP contribution in [-0.4, -0.2) is 14.9 Å². The second kappa shape index (κ2) is 4.97. The molecule has 1 aromatic carbocycles. The van der Waals surface area contributed by atoms with Crippen molar-refractivity contribution in [3.05, 3.63) is 46.2 Å². The van der Waals surface area contributed by atoms with Gasteiger partial charge in [0.05, 0.1) is 11.8 Å². The van der Waals surface area contributed by atoms with Gasteiger partial charge in [0.25, 0.3) is 0 Å². The summed E-state index contributed by atoms with van der Waals surface area (Å²) in [6.07, 6.45) is -4.07. The molecule has 7 heteroatoms. The highest BCUT2D eigenvalue weighted by molar-refractivity contribution is 9.10. The molecule has 19 heavy (non-hydrogen) atoms. The summed E-state index contributed by atoms with van der Waals surface area (Å²) >= 11 is 3.25. The molecule has 0 spiro atoms. The summed E-state index contributed by atoms with van der Waals surface area (Å²) in [6, 6.07) is 5.82. The molecule has 0 amide bonds. The molecule has 0 radical (unpaired) electrons. The second-order valence-electron chi connectivity index (χ2n) is 4.02. The van der Waals surface area contributed by atoms with Crippen LogP contribution < -0.4 is 0 Å². The molecule has 2 aromatic rings. The average Bonchev–Trinajstić information content (AvgIpc) is 2.77. The lowest BCUT2D eigenvalue weighted by Crippen LogP contribution is -2.08. The maximum absolute atomic E-state index is 12.5. The van der Waals surface area contributed by atoms with Crippen molar-refractivity contribution in [3.63, 3.8) is 0 Å². The summed E-state index contributed by atoms with van der Waals surface area (Å²) in [5.41, 5.74) is -0.0631. The minimum absolute atomic E-state index is 0.411. The number of alkyl halides is 3. The van der Waals surface area contributed by atoms with E-state index in [0.29, 0.717) is 11.3 Å². The second-order valence-corrected chi connectivity index (χ2v) is 4.94. The Kier molecular flexibility index (Phi) is 3.69. The number of aromatic nitrogens is 2. The monoisotopic (exact) mass is 334 g/mol. The molecule has 0 aliphatic rings. The van der Waals surface area contributed by atoms with Crippen molar-refractivity contribution in [1.29, 1.82) is 0 Å². The molecule has 3 nitrogen and oxygen atoms in total. The molecule has 1 unspecified atom stereocenters. The van der Waals surface area contributed by atoms with E-state index in [-0.39, 0.29) is 0 Å². The van der Waals surface area contributed by atoms with Crippen LogP contribution in [0.25, 0.3) is 5.69 Å². The Balaban J connectivity index is 2.50. The summed E-state index contributed by atoms with van der Waals surface area (Å²) in [4.78, 5) is 0. The van der Waals surface area contributed by atoms with Gasteiger partial charge in [-0.25, -0.2) is 4.68 Å². The maximum Gasteiger partial charge on any atom is 0.435 e. The van der Waals surface area contributed by atoms with Crippen LogP contribution in [0.5, 0.6) is 0 Å². The smallest absolute Gasteiger partial charge is 0.389 e. The summed E-state index contributed by atoms with van der Waals surface area (Å²) < 4.78 is 39.4. The first-order chi connectivity index (χ1) is 8.79. The predicted molar refractivity (Wildman–Crippen MR) is 66.9 cm³/mol. The van der Waals surface area contributed by atoms with Gasteiger partial charge in [0.1, 0.15) is 0 Å². The van der Waals surface area contributed by atoms with Crippen molar-refractivity contribution >= 4 is 15.9 Å². The van der Waals surface area contributed by atoms with E-state index in [1.54, 1.807) is 25.1 Å². The molecule has 0 bridgehead atoms. The number of rotatable bonds is 2. The lowest BCUT2D eigenvalue weighted by molar-refractivity contribution is -0.141. The minimum Gasteiger partial charge on any atom is -0.389 e. The number of nitrogens with zero attached hydrogens (tertiary/aromatic N) is 2. The molecule has 1 N–H and O–H groups in total. The molecule has 1 aromatic heterocycles. The molecular formula is C12H10BrF3N2O. The first-order valence-electron chi connectivity index (χ1n) is 5.40. The summed E-state index contributed by atoms with van der Waals surface area (Å²) in [7, 11) is 0. The van der Waals surface area contributed by atoms with Gasteiger partial charge in [0.15, 0.2) is 5.69 Å². The van der Waals surface area contributed by atoms with Gasteiger partial charge >= 0.3 is 6.18 Å². The predicted octanol–water partition coefficient (Wildman–Crippen LogP) is 3.71. The van der Waals surface area contributed by atoms with Crippen LogP contribution >= 0.6 is 15.9 Å². The molecule has 1 atom stereocenters. The highest BCUT2D eigenvalue weighted by Crippen LogP contribution is 2.30. The SMILES string of the molecule is CC(O)c1cc(Br)ccc1-n1ccc(C(F)(F)F)n1. The zero-order valence-electron chi connectivity index (χ0n) is 9.82. The van der Waals surface area contributed by atoms with Gasteiger partial charge in [-0.2, -0.15) is 18.3 Å². The average molecular weight is 335 g/mol. The third-order valence-electron chi connectivity index (χ3n) is 2.57. The molecule has 0 aliphatic heterocycles. The molecule has 1 heterocycles. The number of hydrogen-bond acceptors (Lipinski definition) is 2. The highest BCUT2D eigenvalue weighted by atomic mass is 79.9. The normalized spacial score (nSPS) is 13.6. The molecule has 0 fully saturated rings. The van der Waals surface area contributed by atoms with E-state index >= 15 is 0 Å². The van der Waals surface area contributed by atoms with Crippen molar-refractivity contribution in [2.45, 2.75) is 19.2 Å². The summed E-state index contributed by atoms with van der Waals surface area (Å²) in [5, 5.41) is 13.2. The van der Waals surface area contributed by atoms with Crippen LogP contribution in [0.1, 0.15) is 24.3 Å². The fourth-order valence-electron chi connectivity index (χ4n) is 1.68. The van der Waals surface area contributed by atoms with Gasteiger partial charge in [-0.05, 0) is 31.2 Å². The number of hydrogen-bond donors (Lipinski definition) is 1. The van der Waals surface area contributed by atoms with E-state index < -0.39 is 18.0 Å². The zero-order chi connectivity index (χ0) is 14.2. The largest absolute Gasteiger partial charge is 0.435 e. The quantitative estimate of drug-likeness (QED) is 0.909. The van der Waals surface area contributed by atoms with E-state index in [1.807, 2.05) is 0 Å². The van der Waals surface area contributed by atoms with Crippen LogP contribution in [0.4, 0.5) is 13.2 Å². The minimum atomic E-state index is -4.48. The Morgan fingerprint density at radius 2 is 2.00 bits per heavy atom. The van der Waals surface area contributed by atoms with E-state index in [1.165, 1.54) is 6.20 Å². The molecule has 2 rings (SSSR count). The number of aliphatic hydroxyl groups excluding tert-OH is 1. The van der Waals surface area contributed by atoms with E-state index in [0.717, 1.165) is 15.2 Å². The first kappa shape index (κ1) is 14.1. The van der Waals surface area contributed by atoms with Crippen LogP contribution in [0, 0.1) is 0 Å². The summed E-state index contributed by atoms with van der Waals surface area (Å²) in [6.45, 7) is 1.54. The Bertz CT molecular complexity index is 593. The number of halogens is 4. The Morgan fingerprint density at radius 3 is 2.53 bits per heavy atom. The molecule has 0 saturated heterocycles. The summed E-state index contributed by atoms with van der Waals surface area (Å²) in [5.74, 6) is 0. The third kappa shape index (κ3) is 2.98. The Morgan fingerprint density at radius 1 is 1.32 bits per heavy atom. The topological polar surface area (TPSA) is 38.0 Å². The van der Waals surface area contributed by atoms with Crippen molar-refractivity contribution in [2.24, 2.45) is 0 Å². The third-order valence-corrected chi connectivity index (χ3v) is 3.06. The molecule has 0 aliphatic carbocycles. The van der Waals surface area contributed by atoms with Crippen molar-refractivity contribution in [3.8, 4) is 5.69 Å². The number of benzene rings is 1. The van der Waals surface area contributed by atoms with Crippen molar-refractivity contribution in [1.82, 2.24) is 9.78 Å². The van der Waals surface area contributed by atoms with Gasteiger partial charge in [-0.15, -0.1) is 0 Å². The fourth-order valence-corrected chi connectivity index (χ4v) is 2.06. The molecular weight excluding hydrogens is 325 g/mol. The molecule has 0 saturated carbocycles. The van der Waals surface area contributed by atoms with Crippen molar-refractivity contribution < 1.29 is 18.3 Å². The lowest BCUT2D eigenvalue weighted by atomic mass is 10.1. The van der Waals surface area contributed by atoms with Gasteiger partial charge in [0.2, 0.25) is 0 Å². The lowest BCUT2D eigenvalue weighted by Gasteiger charge is -2.12. The van der Waals surface area contributed by atoms with Crippen LogP contribution in [-0.2, 0) is 6.18 Å². The van der Waals surface area contributed by atoms with Gasteiger partial charge in [0, 0.05) is 16.2 Å². The number of aliphatic hydroxyl groups is 1. The van der Waals surface area contributed by atoms with Gasteiger partial charge < -0.3 is 5.11 Å². The van der Waals surface area contributed by atoms with E-state index in [2.05, 4.69) is 21.0 Å².